The topological polar surface area (TPSA) is 21.3 Å². The van der Waals surface area contributed by atoms with Gasteiger partial charge < -0.3 is 10.1 Å². The standard InChI is InChI=1S/C18H22BrNO/c1-14-6-3-4-9-18(14)15(13-20-2)10-11-21-17-8-5-7-16(19)12-17/h3-9,12,15,20H,10-11,13H2,1-2H3. The molecule has 0 bridgehead atoms. The molecule has 2 aromatic carbocycles. The lowest BCUT2D eigenvalue weighted by Gasteiger charge is -2.19. The lowest BCUT2D eigenvalue weighted by Crippen LogP contribution is -2.20. The zero-order chi connectivity index (χ0) is 15.1. The molecule has 21 heavy (non-hydrogen) atoms. The maximum Gasteiger partial charge on any atom is 0.120 e. The molecule has 2 nitrogen and oxygen atoms in total. The molecule has 0 aliphatic heterocycles. The molecule has 0 aliphatic carbocycles. The van der Waals surface area contributed by atoms with Gasteiger partial charge in [-0.3, -0.25) is 0 Å². The van der Waals surface area contributed by atoms with Crippen molar-refractivity contribution >= 4 is 15.9 Å². The van der Waals surface area contributed by atoms with Crippen LogP contribution in [0, 0.1) is 6.92 Å². The van der Waals surface area contributed by atoms with Crippen LogP contribution >= 0.6 is 15.9 Å². The molecule has 0 spiro atoms. The van der Waals surface area contributed by atoms with Gasteiger partial charge in [-0.2, -0.15) is 0 Å². The number of benzene rings is 2. The molecular formula is C18H22BrNO. The van der Waals surface area contributed by atoms with E-state index in [0.717, 1.165) is 29.8 Å². The first-order chi connectivity index (χ1) is 10.2. The monoisotopic (exact) mass is 347 g/mol. The van der Waals surface area contributed by atoms with Crippen molar-refractivity contribution < 1.29 is 4.74 Å². The van der Waals surface area contributed by atoms with Crippen LogP contribution < -0.4 is 10.1 Å². The summed E-state index contributed by atoms with van der Waals surface area (Å²) in [6.45, 7) is 3.86. The number of hydrogen-bond acceptors (Lipinski definition) is 2. The average molecular weight is 348 g/mol. The Kier molecular flexibility index (Phi) is 6.27. The van der Waals surface area contributed by atoms with Crippen molar-refractivity contribution in [2.45, 2.75) is 19.3 Å². The molecule has 0 radical (unpaired) electrons. The van der Waals surface area contributed by atoms with Crippen molar-refractivity contribution in [1.29, 1.82) is 0 Å². The summed E-state index contributed by atoms with van der Waals surface area (Å²) in [5.41, 5.74) is 2.75. The van der Waals surface area contributed by atoms with Gasteiger partial charge in [0, 0.05) is 11.0 Å². The Bertz CT molecular complexity index is 571. The van der Waals surface area contributed by atoms with Crippen LogP contribution in [0.1, 0.15) is 23.5 Å². The molecule has 0 aromatic heterocycles. The Morgan fingerprint density at radius 3 is 2.67 bits per heavy atom. The van der Waals surface area contributed by atoms with Crippen molar-refractivity contribution in [2.24, 2.45) is 0 Å². The summed E-state index contributed by atoms with van der Waals surface area (Å²) >= 11 is 3.46. The first-order valence-corrected chi connectivity index (χ1v) is 8.08. The molecule has 1 unspecified atom stereocenters. The number of likely N-dealkylation sites (N-methyl/N-ethyl adjacent to an activating group) is 1. The Morgan fingerprint density at radius 1 is 1.14 bits per heavy atom. The van der Waals surface area contributed by atoms with E-state index in [1.54, 1.807) is 0 Å². The van der Waals surface area contributed by atoms with Crippen LogP contribution in [0.15, 0.2) is 53.0 Å². The minimum absolute atomic E-state index is 0.475. The first-order valence-electron chi connectivity index (χ1n) is 7.29. The van der Waals surface area contributed by atoms with Crippen LogP contribution in [0.2, 0.25) is 0 Å². The Labute approximate surface area is 135 Å². The molecule has 0 fully saturated rings. The van der Waals surface area contributed by atoms with Crippen LogP contribution in [-0.4, -0.2) is 20.2 Å². The molecule has 3 heteroatoms. The summed E-state index contributed by atoms with van der Waals surface area (Å²) < 4.78 is 6.91. The highest BCUT2D eigenvalue weighted by Crippen LogP contribution is 2.24. The zero-order valence-electron chi connectivity index (χ0n) is 12.6. The molecule has 2 rings (SSSR count). The Balaban J connectivity index is 1.96. The highest BCUT2D eigenvalue weighted by atomic mass is 79.9. The van der Waals surface area contributed by atoms with Gasteiger partial charge in [-0.1, -0.05) is 46.3 Å². The van der Waals surface area contributed by atoms with Gasteiger partial charge in [0.15, 0.2) is 0 Å². The van der Waals surface area contributed by atoms with Gasteiger partial charge in [0.2, 0.25) is 0 Å². The van der Waals surface area contributed by atoms with Gasteiger partial charge in [0.1, 0.15) is 5.75 Å². The van der Waals surface area contributed by atoms with E-state index in [2.05, 4.69) is 52.4 Å². The van der Waals surface area contributed by atoms with Crippen LogP contribution in [0.25, 0.3) is 0 Å². The quantitative estimate of drug-likeness (QED) is 0.794. The number of halogens is 1. The maximum absolute atomic E-state index is 5.87. The van der Waals surface area contributed by atoms with E-state index in [-0.39, 0.29) is 0 Å². The summed E-state index contributed by atoms with van der Waals surface area (Å²) in [6.07, 6.45) is 0.998. The van der Waals surface area contributed by atoms with Gasteiger partial charge >= 0.3 is 0 Å². The third-order valence-corrected chi connectivity index (χ3v) is 4.10. The SMILES string of the molecule is CNCC(CCOc1cccc(Br)c1)c1ccccc1C. The molecule has 1 N–H and O–H groups in total. The summed E-state index contributed by atoms with van der Waals surface area (Å²) in [4.78, 5) is 0. The predicted molar refractivity (Wildman–Crippen MR) is 92.1 cm³/mol. The van der Waals surface area contributed by atoms with Gasteiger partial charge in [-0.15, -0.1) is 0 Å². The van der Waals surface area contributed by atoms with E-state index in [1.807, 2.05) is 31.3 Å². The van der Waals surface area contributed by atoms with Crippen molar-refractivity contribution in [3.63, 3.8) is 0 Å². The number of rotatable bonds is 7. The van der Waals surface area contributed by atoms with Crippen LogP contribution in [0.3, 0.4) is 0 Å². The number of aryl methyl sites for hydroxylation is 1. The van der Waals surface area contributed by atoms with Gasteiger partial charge in [0.25, 0.3) is 0 Å². The van der Waals surface area contributed by atoms with Crippen LogP contribution in [0.4, 0.5) is 0 Å². The molecule has 2 aromatic rings. The lowest BCUT2D eigenvalue weighted by atomic mass is 9.92. The molecule has 0 aliphatic rings. The second-order valence-corrected chi connectivity index (χ2v) is 6.12. The Hall–Kier alpha value is -1.32. The third kappa shape index (κ3) is 4.87. The van der Waals surface area contributed by atoms with Crippen molar-refractivity contribution in [1.82, 2.24) is 5.32 Å². The van der Waals surface area contributed by atoms with E-state index in [1.165, 1.54) is 11.1 Å². The minimum atomic E-state index is 0.475. The van der Waals surface area contributed by atoms with E-state index in [9.17, 15) is 0 Å². The fourth-order valence-corrected chi connectivity index (χ4v) is 2.91. The molecule has 0 saturated heterocycles. The summed E-state index contributed by atoms with van der Waals surface area (Å²) in [5, 5.41) is 3.29. The molecule has 0 amide bonds. The van der Waals surface area contributed by atoms with Crippen LogP contribution in [-0.2, 0) is 0 Å². The minimum Gasteiger partial charge on any atom is -0.494 e. The second-order valence-electron chi connectivity index (χ2n) is 5.21. The van der Waals surface area contributed by atoms with E-state index >= 15 is 0 Å². The lowest BCUT2D eigenvalue weighted by molar-refractivity contribution is 0.296. The van der Waals surface area contributed by atoms with Gasteiger partial charge in [-0.25, -0.2) is 0 Å². The molecule has 0 saturated carbocycles. The summed E-state index contributed by atoms with van der Waals surface area (Å²) in [5.74, 6) is 1.39. The fraction of sp³-hybridized carbons (Fsp3) is 0.333. The second kappa shape index (κ2) is 8.20. The highest BCUT2D eigenvalue weighted by Gasteiger charge is 2.13. The van der Waals surface area contributed by atoms with E-state index in [4.69, 9.17) is 4.74 Å². The molecule has 1 atom stereocenters. The molecule has 112 valence electrons. The third-order valence-electron chi connectivity index (χ3n) is 3.61. The van der Waals surface area contributed by atoms with Gasteiger partial charge in [-0.05, 0) is 55.6 Å². The first kappa shape index (κ1) is 16.1. The zero-order valence-corrected chi connectivity index (χ0v) is 14.2. The summed E-state index contributed by atoms with van der Waals surface area (Å²) in [7, 11) is 2.00. The van der Waals surface area contributed by atoms with Crippen molar-refractivity contribution in [2.75, 3.05) is 20.2 Å². The van der Waals surface area contributed by atoms with Crippen molar-refractivity contribution in [3.05, 3.63) is 64.1 Å². The predicted octanol–water partition coefficient (Wildman–Crippen LogP) is 4.53. The average Bonchev–Trinajstić information content (AvgIpc) is 2.47. The molecular weight excluding hydrogens is 326 g/mol. The number of nitrogens with one attached hydrogen (secondary N) is 1. The highest BCUT2D eigenvalue weighted by molar-refractivity contribution is 9.10. The van der Waals surface area contributed by atoms with Crippen molar-refractivity contribution in [3.8, 4) is 5.75 Å². The van der Waals surface area contributed by atoms with E-state index in [0.29, 0.717) is 5.92 Å². The normalized spacial score (nSPS) is 12.1. The van der Waals surface area contributed by atoms with E-state index < -0.39 is 0 Å². The maximum atomic E-state index is 5.87. The smallest absolute Gasteiger partial charge is 0.120 e. The van der Waals surface area contributed by atoms with Crippen LogP contribution in [0.5, 0.6) is 5.75 Å². The van der Waals surface area contributed by atoms with Gasteiger partial charge in [0.05, 0.1) is 6.61 Å². The molecule has 0 heterocycles. The number of hydrogen-bond donors (Lipinski definition) is 1. The Morgan fingerprint density at radius 2 is 1.95 bits per heavy atom. The largest absolute Gasteiger partial charge is 0.494 e. The summed E-state index contributed by atoms with van der Waals surface area (Å²) in [6, 6.07) is 16.6. The fourth-order valence-electron chi connectivity index (χ4n) is 2.53. The number of ether oxygens (including phenoxy) is 1.